The zero-order chi connectivity index (χ0) is 14.2. The molecule has 3 nitrogen and oxygen atoms in total. The van der Waals surface area contributed by atoms with Crippen LogP contribution in [-0.2, 0) is 14.2 Å². The van der Waals surface area contributed by atoms with Crippen molar-refractivity contribution in [3.63, 3.8) is 0 Å². The summed E-state index contributed by atoms with van der Waals surface area (Å²) in [5.41, 5.74) is -0.639. The van der Waals surface area contributed by atoms with Gasteiger partial charge in [-0.1, -0.05) is 20.8 Å². The smallest absolute Gasteiger partial charge is 0.140 e. The molecule has 0 aliphatic carbocycles. The predicted octanol–water partition coefficient (Wildman–Crippen LogP) is 3.69. The molecule has 0 fully saturated rings. The first kappa shape index (κ1) is 17.4. The minimum atomic E-state index is -0.499. The van der Waals surface area contributed by atoms with E-state index in [0.29, 0.717) is 26.4 Å². The summed E-state index contributed by atoms with van der Waals surface area (Å²) in [6, 6.07) is 0. The molecule has 0 spiro atoms. The number of hydrogen-bond acceptors (Lipinski definition) is 3. The van der Waals surface area contributed by atoms with Crippen LogP contribution in [0.4, 0.5) is 4.39 Å². The molecule has 0 aliphatic rings. The Morgan fingerprint density at radius 1 is 0.944 bits per heavy atom. The van der Waals surface area contributed by atoms with Gasteiger partial charge in [-0.2, -0.15) is 0 Å². The summed E-state index contributed by atoms with van der Waals surface area (Å²) in [7, 11) is 0. The van der Waals surface area contributed by atoms with Crippen LogP contribution in [0.5, 0.6) is 0 Å². The lowest BCUT2D eigenvalue weighted by Crippen LogP contribution is -2.22. The standard InChI is InChI=1S/C14H27FO3/c1-13(2,3)12(15)11-17-8-7-16-9-10-18-14(4,5)6/h11H,7-10H2,1-6H3/b12-11-. The largest absolute Gasteiger partial charge is 0.496 e. The second-order valence-electron chi connectivity index (χ2n) is 6.16. The minimum Gasteiger partial charge on any atom is -0.496 e. The number of allylic oxidation sites excluding steroid dienone is 1. The lowest BCUT2D eigenvalue weighted by Gasteiger charge is -2.19. The van der Waals surface area contributed by atoms with Crippen LogP contribution < -0.4 is 0 Å². The highest BCUT2D eigenvalue weighted by molar-refractivity contribution is 4.97. The Hall–Kier alpha value is -0.610. The molecule has 108 valence electrons. The van der Waals surface area contributed by atoms with E-state index in [-0.39, 0.29) is 11.4 Å². The van der Waals surface area contributed by atoms with E-state index in [4.69, 9.17) is 14.2 Å². The lowest BCUT2D eigenvalue weighted by molar-refractivity contribution is -0.0391. The molecule has 0 N–H and O–H groups in total. The van der Waals surface area contributed by atoms with Crippen LogP contribution in [0.2, 0.25) is 0 Å². The summed E-state index contributed by atoms with van der Waals surface area (Å²) < 4.78 is 29.2. The van der Waals surface area contributed by atoms with E-state index in [1.54, 1.807) is 20.8 Å². The Balaban J connectivity index is 3.48. The van der Waals surface area contributed by atoms with E-state index in [9.17, 15) is 4.39 Å². The third-order valence-corrected chi connectivity index (χ3v) is 2.01. The number of ether oxygens (including phenoxy) is 3. The summed E-state index contributed by atoms with van der Waals surface area (Å²) >= 11 is 0. The maximum atomic E-state index is 13.3. The third kappa shape index (κ3) is 10.5. The van der Waals surface area contributed by atoms with Crippen LogP contribution in [-0.4, -0.2) is 32.0 Å². The van der Waals surface area contributed by atoms with Gasteiger partial charge in [-0.25, -0.2) is 4.39 Å². The van der Waals surface area contributed by atoms with Gasteiger partial charge in [0.1, 0.15) is 18.7 Å². The summed E-state index contributed by atoms with van der Waals surface area (Å²) in [6.45, 7) is 13.2. The zero-order valence-electron chi connectivity index (χ0n) is 12.5. The molecule has 0 aromatic heterocycles. The van der Waals surface area contributed by atoms with Crippen LogP contribution in [0, 0.1) is 5.41 Å². The van der Waals surface area contributed by atoms with Gasteiger partial charge in [-0.15, -0.1) is 0 Å². The van der Waals surface area contributed by atoms with Gasteiger partial charge < -0.3 is 14.2 Å². The van der Waals surface area contributed by atoms with Crippen LogP contribution in [0.1, 0.15) is 41.5 Å². The molecule has 0 heterocycles. The molecule has 0 radical (unpaired) electrons. The van der Waals surface area contributed by atoms with E-state index in [1.807, 2.05) is 20.8 Å². The Morgan fingerprint density at radius 3 is 2.00 bits per heavy atom. The Bertz CT molecular complexity index is 249. The minimum absolute atomic E-state index is 0.140. The number of halogens is 1. The van der Waals surface area contributed by atoms with Crippen LogP contribution in [0.3, 0.4) is 0 Å². The normalized spacial score (nSPS) is 13.8. The molecule has 0 atom stereocenters. The topological polar surface area (TPSA) is 27.7 Å². The van der Waals surface area contributed by atoms with Gasteiger partial charge in [0.2, 0.25) is 0 Å². The first-order valence-electron chi connectivity index (χ1n) is 6.32. The Labute approximate surface area is 110 Å². The molecule has 0 saturated heterocycles. The monoisotopic (exact) mass is 262 g/mol. The van der Waals surface area contributed by atoms with Crippen molar-refractivity contribution in [1.29, 1.82) is 0 Å². The summed E-state index contributed by atoms with van der Waals surface area (Å²) in [6.07, 6.45) is 1.16. The molecule has 0 amide bonds. The van der Waals surface area contributed by atoms with Crippen molar-refractivity contribution in [3.8, 4) is 0 Å². The fourth-order valence-corrected chi connectivity index (χ4v) is 0.925. The van der Waals surface area contributed by atoms with Crippen LogP contribution in [0.25, 0.3) is 0 Å². The van der Waals surface area contributed by atoms with Crippen molar-refractivity contribution in [2.24, 2.45) is 5.41 Å². The second kappa shape index (κ2) is 7.74. The zero-order valence-corrected chi connectivity index (χ0v) is 12.5. The Kier molecular flexibility index (Phi) is 7.48. The first-order chi connectivity index (χ1) is 8.13. The summed E-state index contributed by atoms with van der Waals surface area (Å²) in [5, 5.41) is 0. The predicted molar refractivity (Wildman–Crippen MR) is 71.1 cm³/mol. The molecular weight excluding hydrogens is 235 g/mol. The molecule has 0 unspecified atom stereocenters. The van der Waals surface area contributed by atoms with Crippen LogP contribution in [0.15, 0.2) is 12.1 Å². The van der Waals surface area contributed by atoms with Gasteiger partial charge in [-0.05, 0) is 20.8 Å². The van der Waals surface area contributed by atoms with Gasteiger partial charge in [0.25, 0.3) is 0 Å². The third-order valence-electron chi connectivity index (χ3n) is 2.01. The molecule has 0 bridgehead atoms. The van der Waals surface area contributed by atoms with Crippen LogP contribution >= 0.6 is 0 Å². The van der Waals surface area contributed by atoms with Crippen molar-refractivity contribution >= 4 is 0 Å². The quantitative estimate of drug-likeness (QED) is 0.517. The van der Waals surface area contributed by atoms with E-state index in [1.165, 1.54) is 0 Å². The van der Waals surface area contributed by atoms with Crippen molar-refractivity contribution in [1.82, 2.24) is 0 Å². The SMILES string of the molecule is CC(C)(C)OCCOCCO/C=C(\F)C(C)(C)C. The Morgan fingerprint density at radius 2 is 1.50 bits per heavy atom. The van der Waals surface area contributed by atoms with E-state index in [0.717, 1.165) is 6.26 Å². The van der Waals surface area contributed by atoms with E-state index < -0.39 is 5.41 Å². The summed E-state index contributed by atoms with van der Waals surface area (Å²) in [5.74, 6) is -0.265. The van der Waals surface area contributed by atoms with Crippen molar-refractivity contribution < 1.29 is 18.6 Å². The molecule has 0 aromatic rings. The highest BCUT2D eigenvalue weighted by Gasteiger charge is 2.16. The fraction of sp³-hybridized carbons (Fsp3) is 0.857. The maximum Gasteiger partial charge on any atom is 0.140 e. The molecule has 0 aromatic carbocycles. The van der Waals surface area contributed by atoms with Crippen molar-refractivity contribution in [2.45, 2.75) is 47.1 Å². The molecule has 0 rings (SSSR count). The molecule has 0 saturated carbocycles. The van der Waals surface area contributed by atoms with Crippen molar-refractivity contribution in [3.05, 3.63) is 12.1 Å². The van der Waals surface area contributed by atoms with Gasteiger partial charge in [0.15, 0.2) is 0 Å². The number of hydrogen-bond donors (Lipinski definition) is 0. The molecule has 18 heavy (non-hydrogen) atoms. The van der Waals surface area contributed by atoms with E-state index in [2.05, 4.69) is 0 Å². The highest BCUT2D eigenvalue weighted by Crippen LogP contribution is 2.25. The van der Waals surface area contributed by atoms with E-state index >= 15 is 0 Å². The van der Waals surface area contributed by atoms with Gasteiger partial charge in [0, 0.05) is 5.41 Å². The second-order valence-corrected chi connectivity index (χ2v) is 6.16. The average molecular weight is 262 g/mol. The van der Waals surface area contributed by atoms with Gasteiger partial charge >= 0.3 is 0 Å². The molecule has 0 aliphatic heterocycles. The van der Waals surface area contributed by atoms with Gasteiger partial charge in [-0.3, -0.25) is 0 Å². The fourth-order valence-electron chi connectivity index (χ4n) is 0.925. The average Bonchev–Trinajstić information content (AvgIpc) is 2.18. The maximum absolute atomic E-state index is 13.3. The first-order valence-corrected chi connectivity index (χ1v) is 6.32. The summed E-state index contributed by atoms with van der Waals surface area (Å²) in [4.78, 5) is 0. The molecular formula is C14H27FO3. The van der Waals surface area contributed by atoms with Crippen molar-refractivity contribution in [2.75, 3.05) is 26.4 Å². The number of rotatable bonds is 7. The highest BCUT2D eigenvalue weighted by atomic mass is 19.1. The lowest BCUT2D eigenvalue weighted by atomic mass is 9.96. The molecule has 4 heteroatoms. The van der Waals surface area contributed by atoms with Gasteiger partial charge in [0.05, 0.1) is 25.4 Å².